The Kier molecular flexibility index (Phi) is 12.5. The fraction of sp³-hybridized carbons (Fsp3) is 0.654. The molecular formula is C26H40O4. The fourth-order valence-corrected chi connectivity index (χ4v) is 4.09. The Balaban J connectivity index is 1.81. The molecule has 1 aromatic carbocycles. The van der Waals surface area contributed by atoms with Gasteiger partial charge in [0.15, 0.2) is 0 Å². The lowest BCUT2D eigenvalue weighted by molar-refractivity contribution is -0.137. The third-order valence-electron chi connectivity index (χ3n) is 5.83. The van der Waals surface area contributed by atoms with Gasteiger partial charge >= 0.3 is 5.97 Å². The monoisotopic (exact) mass is 416 g/mol. The van der Waals surface area contributed by atoms with E-state index in [2.05, 4.69) is 31.2 Å². The van der Waals surface area contributed by atoms with Crippen LogP contribution in [0.3, 0.4) is 0 Å². The van der Waals surface area contributed by atoms with Gasteiger partial charge in [-0.15, -0.1) is 0 Å². The molecule has 168 valence electrons. The van der Waals surface area contributed by atoms with Crippen molar-refractivity contribution < 1.29 is 19.4 Å². The average Bonchev–Trinajstić information content (AvgIpc) is 3.13. The van der Waals surface area contributed by atoms with E-state index in [1.807, 2.05) is 18.2 Å². The molecule has 4 heteroatoms. The zero-order valence-electron chi connectivity index (χ0n) is 18.6. The van der Waals surface area contributed by atoms with Crippen molar-refractivity contribution in [2.45, 2.75) is 96.4 Å². The molecule has 0 aliphatic heterocycles. The van der Waals surface area contributed by atoms with Crippen molar-refractivity contribution in [3.8, 4) is 0 Å². The molecule has 1 saturated carbocycles. The summed E-state index contributed by atoms with van der Waals surface area (Å²) in [7, 11) is 0. The van der Waals surface area contributed by atoms with E-state index in [0.717, 1.165) is 45.1 Å². The number of unbranched alkanes of at least 4 members (excludes halogenated alkanes) is 6. The Morgan fingerprint density at radius 1 is 1.03 bits per heavy atom. The molecule has 2 rings (SSSR count). The first-order valence-electron chi connectivity index (χ1n) is 11.9. The molecule has 0 saturated heterocycles. The molecule has 0 unspecified atom stereocenters. The van der Waals surface area contributed by atoms with Gasteiger partial charge in [0.2, 0.25) is 0 Å². The summed E-state index contributed by atoms with van der Waals surface area (Å²) in [5, 5.41) is 8.74. The van der Waals surface area contributed by atoms with Crippen LogP contribution in [0.4, 0.5) is 0 Å². The molecule has 4 nitrogen and oxygen atoms in total. The Hall–Kier alpha value is -1.65. The van der Waals surface area contributed by atoms with E-state index in [0.29, 0.717) is 12.5 Å². The van der Waals surface area contributed by atoms with Crippen molar-refractivity contribution in [2.24, 2.45) is 5.92 Å². The maximum absolute atomic E-state index is 10.6. The number of rotatable bonds is 16. The van der Waals surface area contributed by atoms with Crippen LogP contribution in [-0.4, -0.2) is 29.9 Å². The molecule has 0 radical (unpaired) electrons. The summed E-state index contributed by atoms with van der Waals surface area (Å²) in [6, 6.07) is 10.3. The van der Waals surface area contributed by atoms with Crippen molar-refractivity contribution in [1.82, 2.24) is 0 Å². The van der Waals surface area contributed by atoms with Gasteiger partial charge in [0.1, 0.15) is 0 Å². The lowest BCUT2D eigenvalue weighted by Crippen LogP contribution is -2.31. The van der Waals surface area contributed by atoms with E-state index < -0.39 is 5.97 Å². The van der Waals surface area contributed by atoms with E-state index in [4.69, 9.17) is 14.6 Å². The highest BCUT2D eigenvalue weighted by atomic mass is 16.5. The highest BCUT2D eigenvalue weighted by Crippen LogP contribution is 2.33. The lowest BCUT2D eigenvalue weighted by atomic mass is 10.0. The number of carbonyl (C=O) groups is 1. The molecule has 0 heterocycles. The van der Waals surface area contributed by atoms with E-state index in [-0.39, 0.29) is 18.6 Å². The van der Waals surface area contributed by atoms with Gasteiger partial charge in [-0.05, 0) is 44.1 Å². The summed E-state index contributed by atoms with van der Waals surface area (Å²) in [6.07, 6.45) is 15.9. The van der Waals surface area contributed by atoms with E-state index >= 15 is 0 Å². The van der Waals surface area contributed by atoms with Crippen LogP contribution in [0.5, 0.6) is 0 Å². The van der Waals surface area contributed by atoms with Gasteiger partial charge in [0.05, 0.1) is 18.8 Å². The SMILES string of the molecule is CCCCCCCO[C@@H]1[C@@H](/C=C/CCCCC(=O)O)CC[C@H]1OCc1ccccc1. The minimum absolute atomic E-state index is 0.121. The van der Waals surface area contributed by atoms with Gasteiger partial charge in [-0.1, -0.05) is 75.1 Å². The largest absolute Gasteiger partial charge is 0.481 e. The zero-order valence-corrected chi connectivity index (χ0v) is 18.6. The maximum atomic E-state index is 10.6. The molecule has 1 aliphatic carbocycles. The van der Waals surface area contributed by atoms with E-state index in [1.165, 1.54) is 31.2 Å². The summed E-state index contributed by atoms with van der Waals surface area (Å²) in [5.74, 6) is -0.318. The van der Waals surface area contributed by atoms with Crippen LogP contribution < -0.4 is 0 Å². The summed E-state index contributed by atoms with van der Waals surface area (Å²) in [4.78, 5) is 10.6. The van der Waals surface area contributed by atoms with Crippen LogP contribution in [0.25, 0.3) is 0 Å². The smallest absolute Gasteiger partial charge is 0.303 e. The van der Waals surface area contributed by atoms with Crippen LogP contribution in [0.15, 0.2) is 42.5 Å². The number of carboxylic acid groups (broad SMARTS) is 1. The standard InChI is InChI=1S/C26H40O4/c1-2-3-4-7-13-20-29-26-23(16-11-5-6-12-17-25(27)28)18-19-24(26)30-21-22-14-9-8-10-15-22/h8-11,14-16,23-24,26H,2-7,12-13,17-21H2,1H3,(H,27,28)/b16-11+/t23-,24+,26+/m0/s1. The topological polar surface area (TPSA) is 55.8 Å². The number of carboxylic acids is 1. The predicted octanol–water partition coefficient (Wildman–Crippen LogP) is 6.54. The van der Waals surface area contributed by atoms with E-state index in [1.54, 1.807) is 0 Å². The average molecular weight is 417 g/mol. The van der Waals surface area contributed by atoms with E-state index in [9.17, 15) is 4.79 Å². The highest BCUT2D eigenvalue weighted by Gasteiger charge is 2.36. The Morgan fingerprint density at radius 3 is 2.60 bits per heavy atom. The highest BCUT2D eigenvalue weighted by molar-refractivity contribution is 5.66. The molecule has 0 amide bonds. The molecule has 30 heavy (non-hydrogen) atoms. The zero-order chi connectivity index (χ0) is 21.4. The second-order valence-corrected chi connectivity index (χ2v) is 8.39. The molecule has 0 aromatic heterocycles. The van der Waals surface area contributed by atoms with Gasteiger partial charge in [0.25, 0.3) is 0 Å². The summed E-state index contributed by atoms with van der Waals surface area (Å²) < 4.78 is 12.6. The third-order valence-corrected chi connectivity index (χ3v) is 5.83. The van der Waals surface area contributed by atoms with Crippen molar-refractivity contribution in [1.29, 1.82) is 0 Å². The Morgan fingerprint density at radius 2 is 1.83 bits per heavy atom. The van der Waals surface area contributed by atoms with Gasteiger partial charge in [0, 0.05) is 18.9 Å². The Labute approximate surface area is 182 Å². The number of hydrogen-bond acceptors (Lipinski definition) is 3. The quantitative estimate of drug-likeness (QED) is 0.246. The number of benzene rings is 1. The maximum Gasteiger partial charge on any atom is 0.303 e. The first-order valence-corrected chi connectivity index (χ1v) is 11.9. The van der Waals surface area contributed by atoms with Crippen LogP contribution in [0.2, 0.25) is 0 Å². The predicted molar refractivity (Wildman–Crippen MR) is 121 cm³/mol. The van der Waals surface area contributed by atoms with Gasteiger partial charge in [-0.3, -0.25) is 4.79 Å². The fourth-order valence-electron chi connectivity index (χ4n) is 4.09. The molecule has 0 spiro atoms. The molecule has 3 atom stereocenters. The first kappa shape index (κ1) is 24.6. The molecule has 1 aliphatic rings. The molecule has 1 fully saturated rings. The summed E-state index contributed by atoms with van der Waals surface area (Å²) in [5.41, 5.74) is 1.20. The molecule has 0 bridgehead atoms. The lowest BCUT2D eigenvalue weighted by Gasteiger charge is -2.24. The van der Waals surface area contributed by atoms with Crippen LogP contribution >= 0.6 is 0 Å². The normalized spacial score (nSPS) is 21.4. The molecular weight excluding hydrogens is 376 g/mol. The van der Waals surface area contributed by atoms with Crippen LogP contribution in [-0.2, 0) is 20.9 Å². The van der Waals surface area contributed by atoms with Crippen LogP contribution in [0, 0.1) is 5.92 Å². The van der Waals surface area contributed by atoms with Gasteiger partial charge < -0.3 is 14.6 Å². The van der Waals surface area contributed by atoms with Crippen molar-refractivity contribution in [3.05, 3.63) is 48.0 Å². The second kappa shape index (κ2) is 15.2. The molecule has 1 aromatic rings. The summed E-state index contributed by atoms with van der Waals surface area (Å²) in [6.45, 7) is 3.68. The Bertz CT molecular complexity index is 598. The number of aliphatic carboxylic acids is 1. The summed E-state index contributed by atoms with van der Waals surface area (Å²) >= 11 is 0. The number of allylic oxidation sites excluding steroid dienone is 1. The number of ether oxygens (including phenoxy) is 2. The third kappa shape index (κ3) is 9.90. The minimum atomic E-state index is -0.708. The first-order chi connectivity index (χ1) is 14.7. The van der Waals surface area contributed by atoms with Crippen LogP contribution in [0.1, 0.15) is 83.1 Å². The second-order valence-electron chi connectivity index (χ2n) is 8.39. The van der Waals surface area contributed by atoms with Crippen molar-refractivity contribution >= 4 is 5.97 Å². The molecule has 1 N–H and O–H groups in total. The van der Waals surface area contributed by atoms with Crippen molar-refractivity contribution in [3.63, 3.8) is 0 Å². The van der Waals surface area contributed by atoms with Gasteiger partial charge in [-0.25, -0.2) is 0 Å². The minimum Gasteiger partial charge on any atom is -0.481 e. The van der Waals surface area contributed by atoms with Crippen molar-refractivity contribution in [2.75, 3.05) is 6.61 Å². The number of hydrogen-bond donors (Lipinski definition) is 1. The van der Waals surface area contributed by atoms with Gasteiger partial charge in [-0.2, -0.15) is 0 Å².